The van der Waals surface area contributed by atoms with E-state index >= 15 is 0 Å². The molecule has 50 heavy (non-hydrogen) atoms. The van der Waals surface area contributed by atoms with E-state index in [1.54, 1.807) is 0 Å². The van der Waals surface area contributed by atoms with Crippen LogP contribution in [0.5, 0.6) is 0 Å². The molecule has 0 saturated heterocycles. The average molecular weight is 641 g/mol. The zero-order chi connectivity index (χ0) is 33.0. The van der Waals surface area contributed by atoms with Gasteiger partial charge in [0.1, 0.15) is 0 Å². The lowest BCUT2D eigenvalue weighted by Crippen LogP contribution is -2.06. The van der Waals surface area contributed by atoms with E-state index in [4.69, 9.17) is 19.9 Å². The Morgan fingerprint density at radius 2 is 0.960 bits per heavy atom. The fourth-order valence-electron chi connectivity index (χ4n) is 7.29. The molecule has 234 valence electrons. The summed E-state index contributed by atoms with van der Waals surface area (Å²) in [6.07, 6.45) is 1.93. The molecular weight excluding hydrogens is 613 g/mol. The van der Waals surface area contributed by atoms with Crippen LogP contribution in [-0.2, 0) is 0 Å². The van der Waals surface area contributed by atoms with Crippen molar-refractivity contribution in [3.8, 4) is 45.7 Å². The van der Waals surface area contributed by atoms with Gasteiger partial charge in [0.2, 0.25) is 5.95 Å². The monoisotopic (exact) mass is 640 g/mol. The number of hydrogen-bond donors (Lipinski definition) is 0. The van der Waals surface area contributed by atoms with E-state index < -0.39 is 0 Å². The number of fused-ring (bicyclic) bond motifs is 6. The average Bonchev–Trinajstić information content (AvgIpc) is 3.72. The molecule has 0 saturated carbocycles. The molecule has 0 aliphatic heterocycles. The fraction of sp³-hybridized carbons (Fsp3) is 0. The Hall–Kier alpha value is -6.92. The molecule has 4 aromatic heterocycles. The molecule has 6 aromatic carbocycles. The van der Waals surface area contributed by atoms with Crippen LogP contribution in [0.1, 0.15) is 0 Å². The predicted octanol–water partition coefficient (Wildman–Crippen LogP) is 10.5. The van der Waals surface area contributed by atoms with E-state index in [1.807, 2.05) is 66.9 Å². The van der Waals surface area contributed by atoms with E-state index in [1.165, 1.54) is 5.39 Å². The lowest BCUT2D eigenvalue weighted by atomic mass is 10.0. The molecule has 6 nitrogen and oxygen atoms in total. The molecule has 0 amide bonds. The summed E-state index contributed by atoms with van der Waals surface area (Å²) in [4.78, 5) is 20.3. The molecule has 0 spiro atoms. The highest BCUT2D eigenvalue weighted by molar-refractivity contribution is 6.19. The molecule has 0 aliphatic rings. The molecule has 6 heteroatoms. The van der Waals surface area contributed by atoms with E-state index in [2.05, 4.69) is 112 Å². The molecule has 0 radical (unpaired) electrons. The van der Waals surface area contributed by atoms with Gasteiger partial charge in [-0.25, -0.2) is 4.98 Å². The second kappa shape index (κ2) is 11.4. The molecule has 0 bridgehead atoms. The van der Waals surface area contributed by atoms with Gasteiger partial charge in [0.15, 0.2) is 11.6 Å². The lowest BCUT2D eigenvalue weighted by Gasteiger charge is -2.12. The van der Waals surface area contributed by atoms with E-state index in [0.717, 1.165) is 66.3 Å². The number of pyridine rings is 1. The van der Waals surface area contributed by atoms with Crippen LogP contribution in [0.3, 0.4) is 0 Å². The van der Waals surface area contributed by atoms with Gasteiger partial charge in [-0.2, -0.15) is 9.97 Å². The highest BCUT2D eigenvalue weighted by Gasteiger charge is 2.23. The van der Waals surface area contributed by atoms with Gasteiger partial charge in [-0.1, -0.05) is 127 Å². The highest BCUT2D eigenvalue weighted by atomic mass is 15.2. The molecule has 0 fully saturated rings. The third-order valence-corrected chi connectivity index (χ3v) is 9.44. The largest absolute Gasteiger partial charge is 0.307 e. The van der Waals surface area contributed by atoms with Crippen LogP contribution < -0.4 is 0 Å². The first-order chi connectivity index (χ1) is 24.8. The first-order valence-electron chi connectivity index (χ1n) is 16.7. The van der Waals surface area contributed by atoms with Crippen LogP contribution >= 0.6 is 0 Å². The first-order valence-corrected chi connectivity index (χ1v) is 16.7. The summed E-state index contributed by atoms with van der Waals surface area (Å²) in [5.74, 6) is 1.80. The van der Waals surface area contributed by atoms with Crippen LogP contribution in [0, 0.1) is 0 Å². The number of para-hydroxylation sites is 3. The van der Waals surface area contributed by atoms with Gasteiger partial charge in [0.25, 0.3) is 0 Å². The topological polar surface area (TPSA) is 61.4 Å². The number of hydrogen-bond acceptors (Lipinski definition) is 4. The maximum atomic E-state index is 5.13. The second-order valence-electron chi connectivity index (χ2n) is 12.3. The van der Waals surface area contributed by atoms with Crippen molar-refractivity contribution in [2.75, 3.05) is 0 Å². The maximum Gasteiger partial charge on any atom is 0.238 e. The fourth-order valence-corrected chi connectivity index (χ4v) is 7.29. The van der Waals surface area contributed by atoms with Gasteiger partial charge < -0.3 is 4.57 Å². The second-order valence-corrected chi connectivity index (χ2v) is 12.3. The van der Waals surface area contributed by atoms with Gasteiger partial charge in [-0.05, 0) is 36.4 Å². The summed E-state index contributed by atoms with van der Waals surface area (Å²) in [6.45, 7) is 0. The predicted molar refractivity (Wildman–Crippen MR) is 203 cm³/mol. The van der Waals surface area contributed by atoms with E-state index in [9.17, 15) is 0 Å². The Morgan fingerprint density at radius 1 is 0.400 bits per heavy atom. The highest BCUT2D eigenvalue weighted by Crippen LogP contribution is 2.42. The van der Waals surface area contributed by atoms with Crippen molar-refractivity contribution in [3.05, 3.63) is 170 Å². The van der Waals surface area contributed by atoms with Gasteiger partial charge in [0, 0.05) is 50.1 Å². The van der Waals surface area contributed by atoms with Crippen molar-refractivity contribution >= 4 is 43.6 Å². The molecule has 10 aromatic rings. The van der Waals surface area contributed by atoms with Gasteiger partial charge in [-0.3, -0.25) is 9.55 Å². The number of nitrogens with zero attached hydrogens (tertiary/aromatic N) is 6. The van der Waals surface area contributed by atoms with Gasteiger partial charge in [-0.15, -0.1) is 0 Å². The first kappa shape index (κ1) is 28.1. The third kappa shape index (κ3) is 4.36. The SMILES string of the molecule is c1ccc(-c2nc(-c3ccccc3)nc(-n3c4ccccc4c4c(-c5nccc6c7ccccc7n(-c7ccccc7)c56)cccc43)n2)cc1. The lowest BCUT2D eigenvalue weighted by molar-refractivity contribution is 0.953. The molecule has 0 aliphatic carbocycles. The van der Waals surface area contributed by atoms with Crippen LogP contribution in [0.15, 0.2) is 170 Å². The van der Waals surface area contributed by atoms with E-state index in [0.29, 0.717) is 17.6 Å². The van der Waals surface area contributed by atoms with Crippen molar-refractivity contribution in [2.45, 2.75) is 0 Å². The standard InChI is InChI=1S/C44H28N6/c1-4-15-29(16-5-1)42-46-43(30-17-6-2-7-18-30)48-44(47-42)50-37-25-13-11-22-34(37)39-35(23-14-26-38(39)50)40-41-33(27-28-45-40)32-21-10-12-24-36(32)49(41)31-19-8-3-9-20-31/h1-28H. The zero-order valence-corrected chi connectivity index (χ0v) is 26.8. The smallest absolute Gasteiger partial charge is 0.238 e. The Morgan fingerprint density at radius 3 is 1.64 bits per heavy atom. The van der Waals surface area contributed by atoms with Crippen LogP contribution in [0.2, 0.25) is 0 Å². The Labute approximate surface area is 287 Å². The van der Waals surface area contributed by atoms with E-state index in [-0.39, 0.29) is 0 Å². The molecule has 0 N–H and O–H groups in total. The van der Waals surface area contributed by atoms with Crippen molar-refractivity contribution < 1.29 is 0 Å². The third-order valence-electron chi connectivity index (χ3n) is 9.44. The van der Waals surface area contributed by atoms with Crippen LogP contribution in [0.25, 0.3) is 89.3 Å². The quantitative estimate of drug-likeness (QED) is 0.188. The molecule has 10 rings (SSSR count). The van der Waals surface area contributed by atoms with Crippen molar-refractivity contribution in [2.24, 2.45) is 0 Å². The molecule has 0 unspecified atom stereocenters. The number of benzene rings is 6. The zero-order valence-electron chi connectivity index (χ0n) is 26.8. The summed E-state index contributed by atoms with van der Waals surface area (Å²) in [5.41, 5.74) is 9.13. The molecule has 4 heterocycles. The normalized spacial score (nSPS) is 11.6. The van der Waals surface area contributed by atoms with Gasteiger partial charge in [0.05, 0.1) is 27.8 Å². The van der Waals surface area contributed by atoms with Crippen molar-refractivity contribution in [1.82, 2.24) is 29.1 Å². The molecular formula is C44H28N6. The minimum atomic E-state index is 0.561. The minimum absolute atomic E-state index is 0.561. The maximum absolute atomic E-state index is 5.13. The van der Waals surface area contributed by atoms with Crippen LogP contribution in [0.4, 0.5) is 0 Å². The van der Waals surface area contributed by atoms with Crippen molar-refractivity contribution in [1.29, 1.82) is 0 Å². The summed E-state index contributed by atoms with van der Waals surface area (Å²) in [7, 11) is 0. The van der Waals surface area contributed by atoms with Crippen molar-refractivity contribution in [3.63, 3.8) is 0 Å². The van der Waals surface area contributed by atoms with Gasteiger partial charge >= 0.3 is 0 Å². The number of aromatic nitrogens is 6. The molecule has 0 atom stereocenters. The Balaban J connectivity index is 1.30. The summed E-state index contributed by atoms with van der Waals surface area (Å²) in [5, 5.41) is 4.54. The Bertz CT molecular complexity index is 2800. The minimum Gasteiger partial charge on any atom is -0.307 e. The summed E-state index contributed by atoms with van der Waals surface area (Å²) in [6, 6.07) is 56.4. The number of rotatable bonds is 5. The van der Waals surface area contributed by atoms with Crippen LogP contribution in [-0.4, -0.2) is 29.1 Å². The summed E-state index contributed by atoms with van der Waals surface area (Å²) < 4.78 is 4.51. The summed E-state index contributed by atoms with van der Waals surface area (Å²) >= 11 is 0. The Kier molecular flexibility index (Phi) is 6.39.